The van der Waals surface area contributed by atoms with E-state index in [-0.39, 0.29) is 17.8 Å². The molecule has 22 heavy (non-hydrogen) atoms. The molecule has 0 unspecified atom stereocenters. The maximum Gasteiger partial charge on any atom is 0.143 e. The molecule has 1 aliphatic carbocycles. The second-order valence-corrected chi connectivity index (χ2v) is 6.58. The average molecular weight is 321 g/mol. The van der Waals surface area contributed by atoms with Gasteiger partial charge in [-0.15, -0.1) is 12.4 Å². The third-order valence-corrected chi connectivity index (χ3v) is 4.10. The molecule has 0 amide bonds. The Labute approximate surface area is 142 Å². The summed E-state index contributed by atoms with van der Waals surface area (Å²) in [5, 5.41) is 0. The lowest BCUT2D eigenvalue weighted by molar-refractivity contribution is -0.104. The van der Waals surface area contributed by atoms with Crippen molar-refractivity contribution < 1.29 is 4.79 Å². The molecule has 0 fully saturated rings. The molecule has 2 heteroatoms. The van der Waals surface area contributed by atoms with Crippen molar-refractivity contribution in [3.63, 3.8) is 0 Å². The molecule has 0 aromatic carbocycles. The van der Waals surface area contributed by atoms with Gasteiger partial charge in [0, 0.05) is 0 Å². The highest BCUT2D eigenvalue weighted by Gasteiger charge is 2.26. The zero-order chi connectivity index (χ0) is 15.9. The van der Waals surface area contributed by atoms with Crippen LogP contribution in [0.5, 0.6) is 0 Å². The smallest absolute Gasteiger partial charge is 0.143 e. The fourth-order valence-corrected chi connectivity index (χ4v) is 2.80. The van der Waals surface area contributed by atoms with Crippen LogP contribution >= 0.6 is 12.4 Å². The van der Waals surface area contributed by atoms with Crippen molar-refractivity contribution in [3.05, 3.63) is 58.7 Å². The summed E-state index contributed by atoms with van der Waals surface area (Å²) in [6.45, 7) is 10.9. The van der Waals surface area contributed by atoms with Crippen LogP contribution in [-0.2, 0) is 4.79 Å². The van der Waals surface area contributed by atoms with Crippen molar-refractivity contribution in [2.75, 3.05) is 0 Å². The Balaban J connectivity index is 0.00000441. The van der Waals surface area contributed by atoms with Crippen molar-refractivity contribution in [1.82, 2.24) is 0 Å². The van der Waals surface area contributed by atoms with Crippen LogP contribution in [0.3, 0.4) is 0 Å². The van der Waals surface area contributed by atoms with Gasteiger partial charge in [0.2, 0.25) is 0 Å². The van der Waals surface area contributed by atoms with Crippen molar-refractivity contribution in [3.8, 4) is 0 Å². The topological polar surface area (TPSA) is 17.1 Å². The molecule has 0 heterocycles. The van der Waals surface area contributed by atoms with E-state index in [1.807, 2.05) is 19.1 Å². The first kappa shape index (κ1) is 20.7. The summed E-state index contributed by atoms with van der Waals surface area (Å²) in [5.74, 6) is 0. The van der Waals surface area contributed by atoms with Gasteiger partial charge in [-0.1, -0.05) is 55.4 Å². The van der Waals surface area contributed by atoms with E-state index in [1.54, 1.807) is 6.08 Å². The van der Waals surface area contributed by atoms with Crippen LogP contribution in [0.4, 0.5) is 0 Å². The summed E-state index contributed by atoms with van der Waals surface area (Å²) < 4.78 is 0. The predicted octanol–water partition coefficient (Wildman–Crippen LogP) is 6.14. The number of carbonyl (C=O) groups is 1. The van der Waals surface area contributed by atoms with E-state index in [9.17, 15) is 4.79 Å². The van der Waals surface area contributed by atoms with Crippen LogP contribution in [0.15, 0.2) is 58.7 Å². The number of allylic oxidation sites excluding steroid dienone is 10. The molecular weight excluding hydrogens is 292 g/mol. The van der Waals surface area contributed by atoms with E-state index in [0.717, 1.165) is 11.9 Å². The molecule has 122 valence electrons. The van der Waals surface area contributed by atoms with Crippen LogP contribution in [-0.4, -0.2) is 6.29 Å². The molecule has 0 radical (unpaired) electrons. The molecule has 0 bridgehead atoms. The van der Waals surface area contributed by atoms with E-state index in [0.29, 0.717) is 0 Å². The van der Waals surface area contributed by atoms with E-state index in [4.69, 9.17) is 0 Å². The lowest BCUT2D eigenvalue weighted by Gasteiger charge is -2.32. The summed E-state index contributed by atoms with van der Waals surface area (Å²) in [4.78, 5) is 10.3. The molecule has 1 nitrogen and oxygen atoms in total. The maximum atomic E-state index is 10.3. The number of rotatable bonds is 5. The molecule has 0 saturated carbocycles. The van der Waals surface area contributed by atoms with Crippen LogP contribution in [0.2, 0.25) is 0 Å². The fraction of sp³-hybridized carbons (Fsp3) is 0.450. The Morgan fingerprint density at radius 2 is 1.73 bits per heavy atom. The zero-order valence-electron chi connectivity index (χ0n) is 14.5. The number of hydrogen-bond donors (Lipinski definition) is 0. The standard InChI is InChI=1S/C20H28O.ClH/c1-16(8-6-9-17(2)13-15-21)11-12-19-18(3)10-7-14-20(19,4)5;/h6,8-9,11-13,15H,7,10,14H2,1-5H3;1H. The Kier molecular flexibility index (Phi) is 9.04. The third kappa shape index (κ3) is 6.62. The van der Waals surface area contributed by atoms with Crippen molar-refractivity contribution in [2.45, 2.75) is 53.9 Å². The summed E-state index contributed by atoms with van der Waals surface area (Å²) in [6, 6.07) is 0. The van der Waals surface area contributed by atoms with Gasteiger partial charge in [-0.2, -0.15) is 0 Å². The van der Waals surface area contributed by atoms with Crippen LogP contribution in [0, 0.1) is 5.41 Å². The molecule has 0 saturated heterocycles. The minimum Gasteiger partial charge on any atom is -0.299 e. The molecule has 1 rings (SSSR count). The summed E-state index contributed by atoms with van der Waals surface area (Å²) >= 11 is 0. The highest BCUT2D eigenvalue weighted by molar-refractivity contribution is 5.85. The first-order valence-electron chi connectivity index (χ1n) is 7.72. The Bertz CT molecular complexity index is 528. The van der Waals surface area contributed by atoms with Crippen LogP contribution < -0.4 is 0 Å². The molecule has 0 atom stereocenters. The molecule has 0 spiro atoms. The van der Waals surface area contributed by atoms with Gasteiger partial charge < -0.3 is 0 Å². The first-order valence-corrected chi connectivity index (χ1v) is 7.72. The molecule has 1 aliphatic rings. The number of halogens is 1. The second-order valence-electron chi connectivity index (χ2n) is 6.58. The minimum atomic E-state index is 0. The SMILES string of the molecule is CC(C=CC=C(C)C=CC1=C(C)CCCC1(C)C)=CC=O.Cl. The highest BCUT2D eigenvalue weighted by atomic mass is 35.5. The lowest BCUT2D eigenvalue weighted by Crippen LogP contribution is -2.19. The summed E-state index contributed by atoms with van der Waals surface area (Å²) in [5.41, 5.74) is 5.48. The van der Waals surface area contributed by atoms with Crippen LogP contribution in [0.1, 0.15) is 53.9 Å². The Hall–Kier alpha value is -1.34. The second kappa shape index (κ2) is 9.63. The molecule has 0 aliphatic heterocycles. The Morgan fingerprint density at radius 1 is 1.09 bits per heavy atom. The molecule has 0 aromatic heterocycles. The van der Waals surface area contributed by atoms with E-state index >= 15 is 0 Å². The van der Waals surface area contributed by atoms with Crippen molar-refractivity contribution >= 4 is 18.7 Å². The molecular formula is C20H29ClO. The van der Waals surface area contributed by atoms with Crippen molar-refractivity contribution in [2.24, 2.45) is 5.41 Å². The number of carbonyl (C=O) groups excluding carboxylic acids is 1. The Morgan fingerprint density at radius 3 is 2.32 bits per heavy atom. The van der Waals surface area contributed by atoms with Gasteiger partial charge in [-0.05, 0) is 62.7 Å². The van der Waals surface area contributed by atoms with E-state index in [1.165, 1.54) is 36.0 Å². The van der Waals surface area contributed by atoms with Crippen LogP contribution in [0.25, 0.3) is 0 Å². The normalized spacial score (nSPS) is 19.7. The van der Waals surface area contributed by atoms with Gasteiger partial charge in [-0.25, -0.2) is 0 Å². The van der Waals surface area contributed by atoms with E-state index < -0.39 is 0 Å². The molecule has 0 N–H and O–H groups in total. The molecule has 0 aromatic rings. The largest absolute Gasteiger partial charge is 0.299 e. The summed E-state index contributed by atoms with van der Waals surface area (Å²) in [6.07, 6.45) is 16.6. The number of aldehydes is 1. The minimum absolute atomic E-state index is 0. The quantitative estimate of drug-likeness (QED) is 0.338. The van der Waals surface area contributed by atoms with Gasteiger partial charge in [0.15, 0.2) is 0 Å². The monoisotopic (exact) mass is 320 g/mol. The van der Waals surface area contributed by atoms with Gasteiger partial charge in [0.25, 0.3) is 0 Å². The number of hydrogen-bond acceptors (Lipinski definition) is 1. The fourth-order valence-electron chi connectivity index (χ4n) is 2.80. The first-order chi connectivity index (χ1) is 9.86. The van der Waals surface area contributed by atoms with Gasteiger partial charge in [-0.3, -0.25) is 4.79 Å². The third-order valence-electron chi connectivity index (χ3n) is 4.10. The summed E-state index contributed by atoms with van der Waals surface area (Å²) in [7, 11) is 0. The highest BCUT2D eigenvalue weighted by Crippen LogP contribution is 2.40. The van der Waals surface area contributed by atoms with Gasteiger partial charge in [0.1, 0.15) is 6.29 Å². The van der Waals surface area contributed by atoms with Crippen molar-refractivity contribution in [1.29, 1.82) is 0 Å². The zero-order valence-corrected chi connectivity index (χ0v) is 15.3. The van der Waals surface area contributed by atoms with Gasteiger partial charge in [0.05, 0.1) is 0 Å². The lowest BCUT2D eigenvalue weighted by atomic mass is 9.72. The maximum absolute atomic E-state index is 10.3. The van der Waals surface area contributed by atoms with Gasteiger partial charge >= 0.3 is 0 Å². The van der Waals surface area contributed by atoms with E-state index in [2.05, 4.69) is 45.9 Å². The average Bonchev–Trinajstić information content (AvgIpc) is 2.37. The predicted molar refractivity (Wildman–Crippen MR) is 99.4 cm³/mol.